The minimum atomic E-state index is -4.79. The Balaban J connectivity index is 1.59. The van der Waals surface area contributed by atoms with E-state index in [4.69, 9.17) is 28.0 Å². The van der Waals surface area contributed by atoms with Crippen LogP contribution in [0.5, 0.6) is 0 Å². The quantitative estimate of drug-likeness (QED) is 0.609. The molecular formula is C22H19Cl2F3N2O3S. The van der Waals surface area contributed by atoms with Crippen LogP contribution in [-0.2, 0) is 21.2 Å². The number of carbonyl (C=O) groups is 1. The molecule has 1 saturated heterocycles. The molecule has 2 aromatic carbocycles. The van der Waals surface area contributed by atoms with Gasteiger partial charge in [0.1, 0.15) is 0 Å². The summed E-state index contributed by atoms with van der Waals surface area (Å²) < 4.78 is 53.9. The van der Waals surface area contributed by atoms with Crippen molar-refractivity contribution in [1.29, 1.82) is 0 Å². The molecule has 0 unspecified atom stereocenters. The van der Waals surface area contributed by atoms with Gasteiger partial charge in [-0.1, -0.05) is 34.4 Å². The van der Waals surface area contributed by atoms with Crippen molar-refractivity contribution in [3.63, 3.8) is 0 Å². The Morgan fingerprint density at radius 3 is 2.33 bits per heavy atom. The monoisotopic (exact) mass is 518 g/mol. The number of amides is 1. The average molecular weight is 519 g/mol. The van der Waals surface area contributed by atoms with E-state index in [9.17, 15) is 22.2 Å². The molecule has 0 aliphatic carbocycles. The maximum absolute atomic E-state index is 14.2. The molecule has 0 spiro atoms. The highest BCUT2D eigenvalue weighted by Gasteiger charge is 2.62. The Labute approximate surface area is 200 Å². The minimum Gasteiger partial charge on any atom is -0.374 e. The normalized spacial score (nSPS) is 26.9. The molecule has 0 radical (unpaired) electrons. The fourth-order valence-electron chi connectivity index (χ4n) is 4.03. The van der Waals surface area contributed by atoms with Gasteiger partial charge in [-0.3, -0.25) is 9.00 Å². The maximum atomic E-state index is 14.2. The van der Waals surface area contributed by atoms with Crippen LogP contribution < -0.4 is 5.32 Å². The number of carbonyl (C=O) groups excluding carboxylic acids is 1. The van der Waals surface area contributed by atoms with Gasteiger partial charge in [0.15, 0.2) is 0 Å². The van der Waals surface area contributed by atoms with E-state index in [1.54, 1.807) is 13.0 Å². The minimum absolute atomic E-state index is 0.0494. The lowest BCUT2D eigenvalue weighted by Crippen LogP contribution is -2.61. The Morgan fingerprint density at radius 2 is 1.79 bits per heavy atom. The molecule has 5 nitrogen and oxygen atoms in total. The molecule has 33 heavy (non-hydrogen) atoms. The van der Waals surface area contributed by atoms with Crippen LogP contribution in [0.15, 0.2) is 41.6 Å². The van der Waals surface area contributed by atoms with Crippen LogP contribution in [0.25, 0.3) is 0 Å². The predicted octanol–water partition coefficient (Wildman–Crippen LogP) is 5.13. The molecule has 2 aliphatic rings. The fraction of sp³-hybridized carbons (Fsp3) is 0.364. The summed E-state index contributed by atoms with van der Waals surface area (Å²) in [5.74, 6) is 0.440. The lowest BCUT2D eigenvalue weighted by Gasteiger charge is -2.38. The average Bonchev–Trinajstić information content (AvgIpc) is 3.12. The highest BCUT2D eigenvalue weighted by molar-refractivity contribution is 7.86. The van der Waals surface area contributed by atoms with Crippen molar-refractivity contribution in [2.75, 3.05) is 11.5 Å². The molecule has 1 fully saturated rings. The highest BCUT2D eigenvalue weighted by Crippen LogP contribution is 2.49. The van der Waals surface area contributed by atoms with Crippen LogP contribution in [0.3, 0.4) is 0 Å². The molecule has 176 valence electrons. The molecule has 4 rings (SSSR count). The van der Waals surface area contributed by atoms with Gasteiger partial charge < -0.3 is 10.2 Å². The number of hydrogen-bond acceptors (Lipinski definition) is 4. The standard InChI is InChI=1S/C22H19Cl2F3N2O3S/c1-12-5-13(3-4-17(12)19(30)28-20(2)10-33(31)11-20)18-9-21(32-29-18,22(25,26)27)14-6-15(23)8-16(24)7-14/h3-8H,9-11H2,1-2H3,(H,28,30)/t20?,21-,33?/m0/s1. The Morgan fingerprint density at radius 1 is 1.15 bits per heavy atom. The third kappa shape index (κ3) is 4.50. The van der Waals surface area contributed by atoms with Crippen molar-refractivity contribution in [3.05, 3.63) is 68.7 Å². The number of benzene rings is 2. The van der Waals surface area contributed by atoms with Gasteiger partial charge in [0, 0.05) is 49.9 Å². The van der Waals surface area contributed by atoms with Gasteiger partial charge in [0.2, 0.25) is 0 Å². The Hall–Kier alpha value is -2.10. The van der Waals surface area contributed by atoms with Crippen molar-refractivity contribution < 1.29 is 27.0 Å². The van der Waals surface area contributed by atoms with Gasteiger partial charge >= 0.3 is 6.18 Å². The van der Waals surface area contributed by atoms with Crippen molar-refractivity contribution in [1.82, 2.24) is 5.32 Å². The summed E-state index contributed by atoms with van der Waals surface area (Å²) in [7, 11) is -0.932. The second kappa shape index (κ2) is 8.29. The summed E-state index contributed by atoms with van der Waals surface area (Å²) in [6.45, 7) is 3.50. The number of hydrogen-bond donors (Lipinski definition) is 1. The zero-order chi connectivity index (χ0) is 24.2. The van der Waals surface area contributed by atoms with E-state index in [0.29, 0.717) is 28.2 Å². The summed E-state index contributed by atoms with van der Waals surface area (Å²) in [4.78, 5) is 17.7. The maximum Gasteiger partial charge on any atom is 0.435 e. The van der Waals surface area contributed by atoms with Crippen LogP contribution in [0.1, 0.15) is 40.4 Å². The Kier molecular flexibility index (Phi) is 6.04. The molecule has 0 aromatic heterocycles. The molecule has 0 saturated carbocycles. The second-order valence-corrected chi connectivity index (χ2v) is 10.9. The molecule has 2 aliphatic heterocycles. The number of oxime groups is 1. The molecule has 0 bridgehead atoms. The van der Waals surface area contributed by atoms with Crippen LogP contribution in [0.4, 0.5) is 13.2 Å². The number of alkyl halides is 3. The first-order valence-corrected chi connectivity index (χ1v) is 12.1. The van der Waals surface area contributed by atoms with Gasteiger partial charge in [-0.15, -0.1) is 0 Å². The Bertz CT molecular complexity index is 1170. The summed E-state index contributed by atoms with van der Waals surface area (Å²) in [5.41, 5.74) is -2.08. The zero-order valence-corrected chi connectivity index (χ0v) is 19.9. The van der Waals surface area contributed by atoms with Gasteiger partial charge in [0.05, 0.1) is 11.3 Å². The largest absolute Gasteiger partial charge is 0.435 e. The summed E-state index contributed by atoms with van der Waals surface area (Å²) in [6.07, 6.45) is -5.37. The van der Waals surface area contributed by atoms with Gasteiger partial charge in [-0.2, -0.15) is 13.2 Å². The number of nitrogens with zero attached hydrogens (tertiary/aromatic N) is 1. The SMILES string of the molecule is Cc1cc(C2=NO[C@@](c3cc(Cl)cc(Cl)c3)(C(F)(F)F)C2)ccc1C(=O)NC1(C)CS(=O)C1. The number of halogens is 5. The molecular weight excluding hydrogens is 500 g/mol. The molecule has 1 N–H and O–H groups in total. The second-order valence-electron chi connectivity index (χ2n) is 8.56. The van der Waals surface area contributed by atoms with Crippen LogP contribution in [0.2, 0.25) is 10.0 Å². The van der Waals surface area contributed by atoms with Crippen molar-refractivity contribution in [2.24, 2.45) is 5.16 Å². The molecule has 1 amide bonds. The number of aryl methyl sites for hydroxylation is 1. The number of rotatable bonds is 4. The van der Waals surface area contributed by atoms with E-state index in [-0.39, 0.29) is 27.2 Å². The van der Waals surface area contributed by atoms with Gasteiger partial charge in [-0.25, -0.2) is 0 Å². The lowest BCUT2D eigenvalue weighted by atomic mass is 9.86. The molecule has 11 heteroatoms. The van der Waals surface area contributed by atoms with Crippen LogP contribution in [0, 0.1) is 6.92 Å². The van der Waals surface area contributed by atoms with Crippen molar-refractivity contribution in [3.8, 4) is 0 Å². The first-order chi connectivity index (χ1) is 15.3. The van der Waals surface area contributed by atoms with Gasteiger partial charge in [-0.05, 0) is 55.3 Å². The summed E-state index contributed by atoms with van der Waals surface area (Å²) in [6, 6.07) is 8.31. The lowest BCUT2D eigenvalue weighted by molar-refractivity contribution is -0.275. The molecule has 2 heterocycles. The van der Waals surface area contributed by atoms with Crippen molar-refractivity contribution >= 4 is 45.6 Å². The van der Waals surface area contributed by atoms with E-state index in [0.717, 1.165) is 12.1 Å². The van der Waals surface area contributed by atoms with E-state index >= 15 is 0 Å². The number of nitrogens with one attached hydrogen (secondary N) is 1. The summed E-state index contributed by atoms with van der Waals surface area (Å²) in [5, 5.41) is 6.72. The topological polar surface area (TPSA) is 67.8 Å². The van der Waals surface area contributed by atoms with Crippen molar-refractivity contribution in [2.45, 2.75) is 37.6 Å². The molecule has 2 aromatic rings. The highest BCUT2D eigenvalue weighted by atomic mass is 35.5. The van der Waals surface area contributed by atoms with E-state index in [2.05, 4.69) is 10.5 Å². The predicted molar refractivity (Wildman–Crippen MR) is 121 cm³/mol. The van der Waals surface area contributed by atoms with E-state index in [1.165, 1.54) is 18.2 Å². The van der Waals surface area contributed by atoms with E-state index < -0.39 is 34.5 Å². The van der Waals surface area contributed by atoms with Gasteiger partial charge in [0.25, 0.3) is 11.5 Å². The third-order valence-corrected chi connectivity index (χ3v) is 8.05. The van der Waals surface area contributed by atoms with Crippen LogP contribution in [-0.4, -0.2) is 39.0 Å². The summed E-state index contributed by atoms with van der Waals surface area (Å²) >= 11 is 11.9. The fourth-order valence-corrected chi connectivity index (χ4v) is 6.03. The zero-order valence-electron chi connectivity index (χ0n) is 17.6. The van der Waals surface area contributed by atoms with E-state index in [1.807, 2.05) is 6.92 Å². The first-order valence-electron chi connectivity index (χ1n) is 9.89. The van der Waals surface area contributed by atoms with Crippen LogP contribution >= 0.6 is 23.2 Å². The third-order valence-electron chi connectivity index (χ3n) is 5.69. The smallest absolute Gasteiger partial charge is 0.374 e. The molecule has 1 atom stereocenters. The first kappa shape index (κ1) is 24.0.